The van der Waals surface area contributed by atoms with Gasteiger partial charge in [-0.05, 0) is 30.9 Å². The molecule has 0 atom stereocenters. The van der Waals surface area contributed by atoms with Crippen LogP contribution in [0, 0.1) is 13.8 Å². The lowest BCUT2D eigenvalue weighted by Gasteiger charge is -2.06. The minimum Gasteiger partial charge on any atom is -0.342 e. The van der Waals surface area contributed by atoms with E-state index in [0.717, 1.165) is 11.5 Å². The molecule has 1 aromatic carbocycles. The summed E-state index contributed by atoms with van der Waals surface area (Å²) < 4.78 is 0. The van der Waals surface area contributed by atoms with Gasteiger partial charge >= 0.3 is 0 Å². The van der Waals surface area contributed by atoms with E-state index >= 15 is 0 Å². The SMILES string of the molecule is CC.CC.Cc1ncc(-c2ccc(C)c3cnccc23)[nH]1.[HH]. The van der Waals surface area contributed by atoms with E-state index in [2.05, 4.69) is 34.0 Å². The van der Waals surface area contributed by atoms with Gasteiger partial charge in [-0.2, -0.15) is 0 Å². The lowest BCUT2D eigenvalue weighted by Crippen LogP contribution is -1.85. The van der Waals surface area contributed by atoms with E-state index in [4.69, 9.17) is 0 Å². The molecule has 3 nitrogen and oxygen atoms in total. The highest BCUT2D eigenvalue weighted by atomic mass is 14.9. The largest absolute Gasteiger partial charge is 0.342 e. The van der Waals surface area contributed by atoms with Crippen molar-refractivity contribution in [3.63, 3.8) is 0 Å². The summed E-state index contributed by atoms with van der Waals surface area (Å²) in [6, 6.07) is 6.30. The van der Waals surface area contributed by atoms with Crippen molar-refractivity contribution in [2.45, 2.75) is 41.5 Å². The normalized spacial score (nSPS) is 9.43. The van der Waals surface area contributed by atoms with Gasteiger partial charge in [0.1, 0.15) is 5.82 Å². The molecule has 3 heteroatoms. The summed E-state index contributed by atoms with van der Waals surface area (Å²) >= 11 is 0. The molecule has 2 heterocycles. The molecule has 0 radical (unpaired) electrons. The van der Waals surface area contributed by atoms with Crippen LogP contribution in [0.4, 0.5) is 0 Å². The number of benzene rings is 1. The molecule has 0 fully saturated rings. The number of pyridine rings is 1. The fraction of sp³-hybridized carbons (Fsp3) is 0.333. The number of H-pyrrole nitrogens is 1. The molecule has 0 unspecified atom stereocenters. The van der Waals surface area contributed by atoms with Gasteiger partial charge in [-0.1, -0.05) is 39.8 Å². The molecule has 3 rings (SSSR count). The van der Waals surface area contributed by atoms with Crippen LogP contribution in [0.15, 0.2) is 36.8 Å². The van der Waals surface area contributed by atoms with Gasteiger partial charge < -0.3 is 4.98 Å². The number of hydrogen-bond acceptors (Lipinski definition) is 2. The lowest BCUT2D eigenvalue weighted by atomic mass is 10.0. The Balaban J connectivity index is 0.000000819. The Labute approximate surface area is 129 Å². The minimum atomic E-state index is 0. The maximum absolute atomic E-state index is 4.25. The van der Waals surface area contributed by atoms with Gasteiger partial charge in [0.15, 0.2) is 0 Å². The van der Waals surface area contributed by atoms with Gasteiger partial charge in [0.25, 0.3) is 0 Å². The molecule has 0 spiro atoms. The van der Waals surface area contributed by atoms with Crippen molar-refractivity contribution in [1.29, 1.82) is 0 Å². The minimum absolute atomic E-state index is 0. The van der Waals surface area contributed by atoms with E-state index in [0.29, 0.717) is 0 Å². The van der Waals surface area contributed by atoms with Crippen molar-refractivity contribution in [3.8, 4) is 11.3 Å². The molecule has 0 aliphatic carbocycles. The van der Waals surface area contributed by atoms with Crippen molar-refractivity contribution in [1.82, 2.24) is 15.0 Å². The average Bonchev–Trinajstić information content (AvgIpc) is 2.98. The first-order chi connectivity index (χ1) is 10.3. The Morgan fingerprint density at radius 3 is 2.24 bits per heavy atom. The first-order valence-electron chi connectivity index (χ1n) is 7.61. The first kappa shape index (κ1) is 16.9. The molecule has 0 saturated carbocycles. The highest BCUT2D eigenvalue weighted by molar-refractivity contribution is 5.97. The number of aromatic amines is 1. The molecule has 0 aliphatic heterocycles. The summed E-state index contributed by atoms with van der Waals surface area (Å²) in [6.45, 7) is 12.1. The van der Waals surface area contributed by atoms with Crippen LogP contribution in [0.2, 0.25) is 0 Å². The summed E-state index contributed by atoms with van der Waals surface area (Å²) in [5.74, 6) is 0.933. The number of aromatic nitrogens is 3. The van der Waals surface area contributed by atoms with Gasteiger partial charge in [0.05, 0.1) is 11.9 Å². The molecule has 0 amide bonds. The van der Waals surface area contributed by atoms with Crippen LogP contribution >= 0.6 is 0 Å². The van der Waals surface area contributed by atoms with E-state index in [9.17, 15) is 0 Å². The third-order valence-electron chi connectivity index (χ3n) is 3.03. The molecule has 21 heavy (non-hydrogen) atoms. The topological polar surface area (TPSA) is 41.6 Å². The zero-order chi connectivity index (χ0) is 15.8. The molecule has 3 aromatic rings. The van der Waals surface area contributed by atoms with E-state index in [1.165, 1.54) is 21.9 Å². The summed E-state index contributed by atoms with van der Waals surface area (Å²) in [5, 5.41) is 2.40. The summed E-state index contributed by atoms with van der Waals surface area (Å²) in [7, 11) is 0. The second-order valence-corrected chi connectivity index (χ2v) is 4.23. The van der Waals surface area contributed by atoms with Gasteiger partial charge in [-0.25, -0.2) is 4.98 Å². The number of nitrogens with zero attached hydrogens (tertiary/aromatic N) is 2. The summed E-state index contributed by atoms with van der Waals surface area (Å²) in [5.41, 5.74) is 3.47. The molecule has 0 saturated heterocycles. The summed E-state index contributed by atoms with van der Waals surface area (Å²) in [4.78, 5) is 11.7. The van der Waals surface area contributed by atoms with E-state index in [1.54, 1.807) is 0 Å². The monoisotopic (exact) mass is 285 g/mol. The van der Waals surface area contributed by atoms with E-state index < -0.39 is 0 Å². The third-order valence-corrected chi connectivity index (χ3v) is 3.03. The van der Waals surface area contributed by atoms with Crippen LogP contribution in [0.25, 0.3) is 22.0 Å². The number of imidazole rings is 1. The van der Waals surface area contributed by atoms with Crippen molar-refractivity contribution in [2.24, 2.45) is 0 Å². The van der Waals surface area contributed by atoms with Crippen molar-refractivity contribution in [2.75, 3.05) is 0 Å². The number of hydrogen-bond donors (Lipinski definition) is 1. The first-order valence-corrected chi connectivity index (χ1v) is 7.61. The van der Waals surface area contributed by atoms with Crippen molar-refractivity contribution in [3.05, 3.63) is 48.2 Å². The highest BCUT2D eigenvalue weighted by Gasteiger charge is 2.07. The zero-order valence-electron chi connectivity index (χ0n) is 13.9. The smallest absolute Gasteiger partial charge is 0.103 e. The predicted molar refractivity (Wildman–Crippen MR) is 93.6 cm³/mol. The van der Waals surface area contributed by atoms with Crippen LogP contribution in [-0.4, -0.2) is 15.0 Å². The second-order valence-electron chi connectivity index (χ2n) is 4.23. The predicted octanol–water partition coefficient (Wildman–Crippen LogP) is 5.54. The van der Waals surface area contributed by atoms with Crippen LogP contribution in [0.5, 0.6) is 0 Å². The Hall–Kier alpha value is -2.16. The van der Waals surface area contributed by atoms with E-state index in [1.807, 2.05) is 59.3 Å². The number of rotatable bonds is 1. The highest BCUT2D eigenvalue weighted by Crippen LogP contribution is 2.28. The lowest BCUT2D eigenvalue weighted by molar-refractivity contribution is 1.15. The summed E-state index contributed by atoms with van der Waals surface area (Å²) in [6.07, 6.45) is 5.62. The number of nitrogens with one attached hydrogen (secondary N) is 1. The molecular formula is C18H27N3. The maximum Gasteiger partial charge on any atom is 0.103 e. The van der Waals surface area contributed by atoms with Gasteiger partial charge in [-0.15, -0.1) is 0 Å². The molecule has 114 valence electrons. The number of fused-ring (bicyclic) bond motifs is 1. The van der Waals surface area contributed by atoms with Crippen LogP contribution in [0.3, 0.4) is 0 Å². The van der Waals surface area contributed by atoms with Crippen molar-refractivity contribution >= 4 is 10.8 Å². The Kier molecular flexibility index (Phi) is 6.60. The van der Waals surface area contributed by atoms with Crippen LogP contribution in [0.1, 0.15) is 40.5 Å². The average molecular weight is 285 g/mol. The molecule has 0 aliphatic rings. The van der Waals surface area contributed by atoms with Gasteiger partial charge in [0, 0.05) is 24.8 Å². The van der Waals surface area contributed by atoms with Gasteiger partial charge in [0.2, 0.25) is 0 Å². The molecule has 1 N–H and O–H groups in total. The third kappa shape index (κ3) is 3.69. The molecule has 2 aromatic heterocycles. The fourth-order valence-corrected chi connectivity index (χ4v) is 2.12. The quantitative estimate of drug-likeness (QED) is 0.637. The van der Waals surface area contributed by atoms with Crippen LogP contribution in [-0.2, 0) is 0 Å². The Morgan fingerprint density at radius 2 is 1.62 bits per heavy atom. The fourth-order valence-electron chi connectivity index (χ4n) is 2.12. The Morgan fingerprint density at radius 1 is 0.905 bits per heavy atom. The van der Waals surface area contributed by atoms with Crippen molar-refractivity contribution < 1.29 is 1.43 Å². The maximum atomic E-state index is 4.25. The Bertz CT molecular complexity index is 690. The molecular weight excluding hydrogens is 258 g/mol. The standard InChI is InChI=1S/C14H13N3.2C2H6.H2/c1-9-3-4-12(14-8-16-10(2)17-14)11-5-6-15-7-13(9)11;2*1-2;/h3-8H,1-2H3,(H,16,17);2*1-2H3;1H. The second kappa shape index (κ2) is 8.20. The molecule has 0 bridgehead atoms. The zero-order valence-corrected chi connectivity index (χ0v) is 13.9. The van der Waals surface area contributed by atoms with Crippen LogP contribution < -0.4 is 0 Å². The van der Waals surface area contributed by atoms with Gasteiger partial charge in [-0.3, -0.25) is 4.98 Å². The number of aryl methyl sites for hydroxylation is 2. The van der Waals surface area contributed by atoms with E-state index in [-0.39, 0.29) is 1.43 Å².